The van der Waals surface area contributed by atoms with E-state index in [0.717, 1.165) is 10.2 Å². The van der Waals surface area contributed by atoms with E-state index in [1.165, 1.54) is 4.68 Å². The van der Waals surface area contributed by atoms with E-state index < -0.39 is 5.54 Å². The van der Waals surface area contributed by atoms with Crippen molar-refractivity contribution in [2.45, 2.75) is 25.9 Å². The number of nitrogens with two attached hydrogens (primary N) is 1. The number of nitrogens with zero attached hydrogens (tertiary/aromatic N) is 3. The second kappa shape index (κ2) is 5.72. The molecule has 0 unspecified atom stereocenters. The van der Waals surface area contributed by atoms with Crippen molar-refractivity contribution in [2.24, 2.45) is 5.73 Å². The highest BCUT2D eigenvalue weighted by Gasteiger charge is 2.18. The SMILES string of the molecule is CC(C)(N)c1cn(CC(=O)Nc2ccccc2Br)nn1. The molecule has 106 valence electrons. The molecule has 1 aromatic carbocycles. The second-order valence-electron chi connectivity index (χ2n) is 5.05. The third kappa shape index (κ3) is 3.64. The minimum absolute atomic E-state index is 0.0877. The Balaban J connectivity index is 2.02. The molecule has 0 saturated carbocycles. The van der Waals surface area contributed by atoms with Crippen molar-refractivity contribution in [3.05, 3.63) is 40.6 Å². The van der Waals surface area contributed by atoms with Crippen molar-refractivity contribution < 1.29 is 4.79 Å². The monoisotopic (exact) mass is 337 g/mol. The summed E-state index contributed by atoms with van der Waals surface area (Å²) in [7, 11) is 0. The van der Waals surface area contributed by atoms with Crippen LogP contribution in [0.2, 0.25) is 0 Å². The minimum atomic E-state index is -0.572. The van der Waals surface area contributed by atoms with Gasteiger partial charge in [0.2, 0.25) is 5.91 Å². The summed E-state index contributed by atoms with van der Waals surface area (Å²) in [6, 6.07) is 7.41. The molecule has 0 bridgehead atoms. The molecule has 2 rings (SSSR count). The van der Waals surface area contributed by atoms with Crippen LogP contribution in [0.4, 0.5) is 5.69 Å². The van der Waals surface area contributed by atoms with E-state index >= 15 is 0 Å². The van der Waals surface area contributed by atoms with Crippen molar-refractivity contribution >= 4 is 27.5 Å². The predicted molar refractivity (Wildman–Crippen MR) is 80.0 cm³/mol. The first-order valence-electron chi connectivity index (χ1n) is 6.10. The molecule has 1 heterocycles. The van der Waals surface area contributed by atoms with Gasteiger partial charge in [0, 0.05) is 4.47 Å². The molecule has 6 nitrogen and oxygen atoms in total. The van der Waals surface area contributed by atoms with Gasteiger partial charge in [-0.1, -0.05) is 17.3 Å². The van der Waals surface area contributed by atoms with Gasteiger partial charge in [0.05, 0.1) is 17.4 Å². The number of benzene rings is 1. The fraction of sp³-hybridized carbons (Fsp3) is 0.308. The lowest BCUT2D eigenvalue weighted by atomic mass is 10.0. The Hall–Kier alpha value is -1.73. The molecule has 2 aromatic rings. The largest absolute Gasteiger partial charge is 0.323 e. The summed E-state index contributed by atoms with van der Waals surface area (Å²) in [5.41, 5.74) is 6.71. The van der Waals surface area contributed by atoms with Gasteiger partial charge in [0.1, 0.15) is 12.2 Å². The first-order valence-corrected chi connectivity index (χ1v) is 6.89. The van der Waals surface area contributed by atoms with Crippen molar-refractivity contribution in [3.8, 4) is 0 Å². The summed E-state index contributed by atoms with van der Waals surface area (Å²) in [6.07, 6.45) is 1.68. The third-order valence-corrected chi connectivity index (χ3v) is 3.34. The van der Waals surface area contributed by atoms with Gasteiger partial charge in [-0.05, 0) is 41.9 Å². The van der Waals surface area contributed by atoms with Gasteiger partial charge >= 0.3 is 0 Å². The molecule has 1 aromatic heterocycles. The zero-order valence-electron chi connectivity index (χ0n) is 11.3. The van der Waals surface area contributed by atoms with Gasteiger partial charge in [-0.15, -0.1) is 5.10 Å². The lowest BCUT2D eigenvalue weighted by Crippen LogP contribution is -2.29. The molecule has 0 saturated heterocycles. The van der Waals surface area contributed by atoms with Gasteiger partial charge in [-0.25, -0.2) is 4.68 Å². The zero-order chi connectivity index (χ0) is 14.8. The van der Waals surface area contributed by atoms with E-state index in [2.05, 4.69) is 31.6 Å². The van der Waals surface area contributed by atoms with Crippen LogP contribution in [0.3, 0.4) is 0 Å². The molecule has 0 radical (unpaired) electrons. The maximum atomic E-state index is 11.9. The number of para-hydroxylation sites is 1. The number of hydrogen-bond donors (Lipinski definition) is 2. The Bertz CT molecular complexity index is 617. The van der Waals surface area contributed by atoms with Crippen LogP contribution in [-0.2, 0) is 16.9 Å². The van der Waals surface area contributed by atoms with E-state index in [1.54, 1.807) is 6.20 Å². The summed E-state index contributed by atoms with van der Waals surface area (Å²) < 4.78 is 2.30. The van der Waals surface area contributed by atoms with Crippen LogP contribution in [0, 0.1) is 0 Å². The average Bonchev–Trinajstić information content (AvgIpc) is 2.80. The summed E-state index contributed by atoms with van der Waals surface area (Å²) in [6.45, 7) is 3.76. The van der Waals surface area contributed by atoms with Crippen LogP contribution in [0.15, 0.2) is 34.9 Å². The van der Waals surface area contributed by atoms with E-state index in [0.29, 0.717) is 5.69 Å². The number of halogens is 1. The second-order valence-corrected chi connectivity index (χ2v) is 5.91. The smallest absolute Gasteiger partial charge is 0.246 e. The fourth-order valence-electron chi connectivity index (χ4n) is 1.57. The topological polar surface area (TPSA) is 85.8 Å². The molecular weight excluding hydrogens is 322 g/mol. The van der Waals surface area contributed by atoms with Crippen LogP contribution >= 0.6 is 15.9 Å². The zero-order valence-corrected chi connectivity index (χ0v) is 12.9. The number of carbonyl (C=O) groups excluding carboxylic acids is 1. The molecule has 0 aliphatic heterocycles. The Labute approximate surface area is 125 Å². The third-order valence-electron chi connectivity index (χ3n) is 2.65. The molecule has 3 N–H and O–H groups in total. The van der Waals surface area contributed by atoms with Gasteiger partial charge in [-0.2, -0.15) is 0 Å². The van der Waals surface area contributed by atoms with E-state index in [1.807, 2.05) is 38.1 Å². The Kier molecular flexibility index (Phi) is 4.20. The minimum Gasteiger partial charge on any atom is -0.323 e. The molecule has 0 aliphatic carbocycles. The number of hydrogen-bond acceptors (Lipinski definition) is 4. The first kappa shape index (κ1) is 14.7. The Morgan fingerprint density at radius 1 is 1.45 bits per heavy atom. The average molecular weight is 338 g/mol. The summed E-state index contributed by atoms with van der Waals surface area (Å²) in [5.74, 6) is -0.178. The van der Waals surface area contributed by atoms with Crippen molar-refractivity contribution in [2.75, 3.05) is 5.32 Å². The predicted octanol–water partition coefficient (Wildman–Crippen LogP) is 1.87. The highest BCUT2D eigenvalue weighted by molar-refractivity contribution is 9.10. The molecule has 20 heavy (non-hydrogen) atoms. The summed E-state index contributed by atoms with van der Waals surface area (Å²) >= 11 is 3.37. The van der Waals surface area contributed by atoms with Gasteiger partial charge in [-0.3, -0.25) is 4.79 Å². The lowest BCUT2D eigenvalue weighted by molar-refractivity contribution is -0.116. The highest BCUT2D eigenvalue weighted by atomic mass is 79.9. The number of carbonyl (C=O) groups is 1. The quantitative estimate of drug-likeness (QED) is 0.891. The molecule has 0 aliphatic rings. The molecule has 1 amide bonds. The molecule has 7 heteroatoms. The van der Waals surface area contributed by atoms with Crippen molar-refractivity contribution in [1.82, 2.24) is 15.0 Å². The first-order chi connectivity index (χ1) is 9.36. The Morgan fingerprint density at radius 2 is 2.15 bits per heavy atom. The van der Waals surface area contributed by atoms with Gasteiger partial charge < -0.3 is 11.1 Å². The van der Waals surface area contributed by atoms with Crippen LogP contribution in [-0.4, -0.2) is 20.9 Å². The van der Waals surface area contributed by atoms with Crippen LogP contribution in [0.5, 0.6) is 0 Å². The number of anilines is 1. The Morgan fingerprint density at radius 3 is 2.75 bits per heavy atom. The maximum absolute atomic E-state index is 11.9. The lowest BCUT2D eigenvalue weighted by Gasteiger charge is -2.13. The molecular formula is C13H16BrN5O. The summed E-state index contributed by atoms with van der Waals surface area (Å²) in [5, 5.41) is 10.7. The number of nitrogens with one attached hydrogen (secondary N) is 1. The van der Waals surface area contributed by atoms with E-state index in [-0.39, 0.29) is 12.5 Å². The normalized spacial score (nSPS) is 11.4. The van der Waals surface area contributed by atoms with Crippen LogP contribution < -0.4 is 11.1 Å². The number of amides is 1. The van der Waals surface area contributed by atoms with Gasteiger partial charge in [0.25, 0.3) is 0 Å². The van der Waals surface area contributed by atoms with Crippen LogP contribution in [0.25, 0.3) is 0 Å². The molecule has 0 atom stereocenters. The highest BCUT2D eigenvalue weighted by Crippen LogP contribution is 2.21. The standard InChI is InChI=1S/C13H16BrN5O/c1-13(2,15)11-7-19(18-17-11)8-12(20)16-10-6-4-3-5-9(10)14/h3-7H,8,15H2,1-2H3,(H,16,20). The fourth-order valence-corrected chi connectivity index (χ4v) is 1.95. The molecule has 0 spiro atoms. The van der Waals surface area contributed by atoms with Crippen molar-refractivity contribution in [3.63, 3.8) is 0 Å². The van der Waals surface area contributed by atoms with E-state index in [9.17, 15) is 4.79 Å². The van der Waals surface area contributed by atoms with Gasteiger partial charge in [0.15, 0.2) is 0 Å². The number of rotatable bonds is 4. The maximum Gasteiger partial charge on any atom is 0.246 e. The summed E-state index contributed by atoms with van der Waals surface area (Å²) in [4.78, 5) is 11.9. The van der Waals surface area contributed by atoms with E-state index in [4.69, 9.17) is 5.73 Å². The van der Waals surface area contributed by atoms with Crippen LogP contribution in [0.1, 0.15) is 19.5 Å². The molecule has 0 fully saturated rings. The van der Waals surface area contributed by atoms with Crippen molar-refractivity contribution in [1.29, 1.82) is 0 Å². The number of aromatic nitrogens is 3.